The molecule has 1 aromatic rings. The van der Waals surface area contributed by atoms with E-state index in [0.29, 0.717) is 18.5 Å². The van der Waals surface area contributed by atoms with Crippen LogP contribution in [0.5, 0.6) is 0 Å². The van der Waals surface area contributed by atoms with Crippen LogP contribution in [-0.2, 0) is 22.7 Å². The van der Waals surface area contributed by atoms with Gasteiger partial charge in [0.2, 0.25) is 11.8 Å². The highest BCUT2D eigenvalue weighted by molar-refractivity contribution is 6.05. The Kier molecular flexibility index (Phi) is 5.22. The van der Waals surface area contributed by atoms with Crippen LogP contribution in [0.3, 0.4) is 0 Å². The number of carbonyl (C=O) groups is 3. The van der Waals surface area contributed by atoms with Crippen LogP contribution < -0.4 is 16.0 Å². The summed E-state index contributed by atoms with van der Waals surface area (Å²) in [5.41, 5.74) is 2.69. The zero-order valence-corrected chi connectivity index (χ0v) is 15.4. The third kappa shape index (κ3) is 4.20. The van der Waals surface area contributed by atoms with Crippen molar-refractivity contribution in [1.82, 2.24) is 20.9 Å². The maximum Gasteiger partial charge on any atom is 0.255 e. The Balaban J connectivity index is 1.30. The average molecular weight is 370 g/mol. The van der Waals surface area contributed by atoms with Crippen LogP contribution in [0.25, 0.3) is 0 Å². The Morgan fingerprint density at radius 1 is 1.11 bits per heavy atom. The minimum absolute atomic E-state index is 0.116. The lowest BCUT2D eigenvalue weighted by Crippen LogP contribution is -2.52. The van der Waals surface area contributed by atoms with Gasteiger partial charge >= 0.3 is 0 Å². The van der Waals surface area contributed by atoms with Crippen molar-refractivity contribution in [3.63, 3.8) is 0 Å². The highest BCUT2D eigenvalue weighted by Gasteiger charge is 2.39. The fourth-order valence-corrected chi connectivity index (χ4v) is 3.75. The van der Waals surface area contributed by atoms with Crippen molar-refractivity contribution in [3.8, 4) is 0 Å². The number of hydrogen-bond donors (Lipinski definition) is 3. The monoisotopic (exact) mass is 370 g/mol. The molecule has 1 saturated carbocycles. The van der Waals surface area contributed by atoms with Crippen LogP contribution in [-0.4, -0.2) is 47.8 Å². The number of rotatable bonds is 8. The van der Waals surface area contributed by atoms with Crippen molar-refractivity contribution in [1.29, 1.82) is 0 Å². The summed E-state index contributed by atoms with van der Waals surface area (Å²) >= 11 is 0. The van der Waals surface area contributed by atoms with Gasteiger partial charge in [-0.15, -0.1) is 0 Å². The van der Waals surface area contributed by atoms with E-state index in [4.69, 9.17) is 0 Å². The lowest BCUT2D eigenvalue weighted by atomic mass is 10.0. The van der Waals surface area contributed by atoms with Gasteiger partial charge in [0.15, 0.2) is 0 Å². The minimum atomic E-state index is -0.553. The molecule has 2 heterocycles. The van der Waals surface area contributed by atoms with Crippen molar-refractivity contribution in [2.24, 2.45) is 0 Å². The number of fused-ring (bicyclic) bond motifs is 1. The summed E-state index contributed by atoms with van der Waals surface area (Å²) in [6.07, 6.45) is 4.39. The summed E-state index contributed by atoms with van der Waals surface area (Å²) in [5.74, 6) is -0.745. The zero-order chi connectivity index (χ0) is 18.8. The van der Waals surface area contributed by atoms with Crippen LogP contribution >= 0.6 is 0 Å². The maximum absolute atomic E-state index is 12.8. The first-order valence-electron chi connectivity index (χ1n) is 9.82. The maximum atomic E-state index is 12.8. The van der Waals surface area contributed by atoms with E-state index in [1.165, 1.54) is 12.8 Å². The molecule has 0 radical (unpaired) electrons. The molecule has 1 unspecified atom stereocenters. The van der Waals surface area contributed by atoms with Crippen LogP contribution in [0.15, 0.2) is 18.2 Å². The summed E-state index contributed by atoms with van der Waals surface area (Å²) in [6, 6.07) is 6.14. The van der Waals surface area contributed by atoms with Gasteiger partial charge in [0.1, 0.15) is 6.04 Å². The molecule has 3 N–H and O–H groups in total. The first-order chi connectivity index (χ1) is 13.1. The molecule has 2 fully saturated rings. The third-order valence-corrected chi connectivity index (χ3v) is 5.46. The van der Waals surface area contributed by atoms with E-state index >= 15 is 0 Å². The molecule has 7 nitrogen and oxygen atoms in total. The lowest BCUT2D eigenvalue weighted by Gasteiger charge is -2.29. The van der Waals surface area contributed by atoms with Gasteiger partial charge < -0.3 is 15.5 Å². The molecule has 0 aromatic heterocycles. The molecule has 3 aliphatic rings. The van der Waals surface area contributed by atoms with Crippen LogP contribution in [0, 0.1) is 0 Å². The molecule has 27 heavy (non-hydrogen) atoms. The number of nitrogens with one attached hydrogen (secondary N) is 3. The first-order valence-corrected chi connectivity index (χ1v) is 9.82. The van der Waals surface area contributed by atoms with Crippen molar-refractivity contribution in [3.05, 3.63) is 34.9 Å². The number of imide groups is 1. The number of nitrogens with zero attached hydrogens (tertiary/aromatic N) is 1. The van der Waals surface area contributed by atoms with Gasteiger partial charge in [0, 0.05) is 31.1 Å². The van der Waals surface area contributed by atoms with Gasteiger partial charge in [-0.2, -0.15) is 0 Å². The lowest BCUT2D eigenvalue weighted by molar-refractivity contribution is -0.136. The highest BCUT2D eigenvalue weighted by Crippen LogP contribution is 2.28. The Bertz CT molecular complexity index is 760. The molecular formula is C20H26N4O3. The molecule has 1 aromatic carbocycles. The molecule has 0 bridgehead atoms. The van der Waals surface area contributed by atoms with E-state index in [2.05, 4.69) is 16.0 Å². The molecule has 2 aliphatic heterocycles. The summed E-state index contributed by atoms with van der Waals surface area (Å²) in [4.78, 5) is 37.8. The van der Waals surface area contributed by atoms with E-state index in [9.17, 15) is 14.4 Å². The van der Waals surface area contributed by atoms with Crippen LogP contribution in [0.1, 0.15) is 53.6 Å². The van der Waals surface area contributed by atoms with Gasteiger partial charge in [-0.1, -0.05) is 12.1 Å². The quantitative estimate of drug-likeness (QED) is 0.462. The van der Waals surface area contributed by atoms with Crippen molar-refractivity contribution in [2.75, 3.05) is 13.1 Å². The van der Waals surface area contributed by atoms with Gasteiger partial charge in [-0.05, 0) is 56.0 Å². The average Bonchev–Trinajstić information content (AvgIpc) is 3.42. The summed E-state index contributed by atoms with van der Waals surface area (Å²) in [5, 5.41) is 9.25. The molecular weight excluding hydrogens is 344 g/mol. The summed E-state index contributed by atoms with van der Waals surface area (Å²) in [6.45, 7) is 3.14. The Morgan fingerprint density at radius 3 is 2.74 bits per heavy atom. The Hall–Kier alpha value is -2.25. The van der Waals surface area contributed by atoms with E-state index in [1.54, 1.807) is 4.90 Å². The van der Waals surface area contributed by atoms with Gasteiger partial charge in [-0.3, -0.25) is 19.7 Å². The smallest absolute Gasteiger partial charge is 0.255 e. The second-order valence-corrected chi connectivity index (χ2v) is 7.65. The number of hydrogen-bond acceptors (Lipinski definition) is 5. The number of benzene rings is 1. The predicted molar refractivity (Wildman–Crippen MR) is 99.8 cm³/mol. The number of piperidine rings is 1. The normalized spacial score (nSPS) is 22.1. The standard InChI is InChI=1S/C20H26N4O3/c25-18-7-6-17(19(26)23-18)24-12-14-3-2-13(10-16(14)20(24)27)11-21-8-1-9-22-15-4-5-15/h2-3,10,15,17,21-22H,1,4-9,11-12H2,(H,23,25,26). The van der Waals surface area contributed by atoms with E-state index in [0.717, 1.165) is 43.2 Å². The van der Waals surface area contributed by atoms with Gasteiger partial charge in [-0.25, -0.2) is 0 Å². The van der Waals surface area contributed by atoms with Crippen molar-refractivity contribution >= 4 is 17.7 Å². The van der Waals surface area contributed by atoms with E-state index in [1.807, 2.05) is 18.2 Å². The number of carbonyl (C=O) groups excluding carboxylic acids is 3. The molecule has 0 spiro atoms. The molecule has 3 amide bonds. The molecule has 1 saturated heterocycles. The SMILES string of the molecule is O=C1CCC(N2Cc3ccc(CNCCCNC4CC4)cc3C2=O)C(=O)N1. The third-order valence-electron chi connectivity index (χ3n) is 5.46. The molecule has 7 heteroatoms. The largest absolute Gasteiger partial charge is 0.322 e. The number of amides is 3. The zero-order valence-electron chi connectivity index (χ0n) is 15.4. The fourth-order valence-electron chi connectivity index (χ4n) is 3.75. The summed E-state index contributed by atoms with van der Waals surface area (Å²) < 4.78 is 0. The van der Waals surface area contributed by atoms with Gasteiger partial charge in [0.05, 0.1) is 0 Å². The Morgan fingerprint density at radius 2 is 1.96 bits per heavy atom. The molecule has 1 aliphatic carbocycles. The predicted octanol–water partition coefficient (Wildman–Crippen LogP) is 0.679. The minimum Gasteiger partial charge on any atom is -0.322 e. The van der Waals surface area contributed by atoms with Crippen LogP contribution in [0.4, 0.5) is 0 Å². The molecule has 1 atom stereocenters. The van der Waals surface area contributed by atoms with Crippen molar-refractivity contribution in [2.45, 2.75) is 57.3 Å². The van der Waals surface area contributed by atoms with Crippen LogP contribution in [0.2, 0.25) is 0 Å². The second-order valence-electron chi connectivity index (χ2n) is 7.65. The van der Waals surface area contributed by atoms with E-state index in [-0.39, 0.29) is 24.1 Å². The Labute approximate surface area is 158 Å². The molecule has 144 valence electrons. The highest BCUT2D eigenvalue weighted by atomic mass is 16.2. The van der Waals surface area contributed by atoms with Gasteiger partial charge in [0.25, 0.3) is 5.91 Å². The first kappa shape index (κ1) is 18.1. The topological polar surface area (TPSA) is 90.5 Å². The van der Waals surface area contributed by atoms with Crippen molar-refractivity contribution < 1.29 is 14.4 Å². The fraction of sp³-hybridized carbons (Fsp3) is 0.550. The summed E-state index contributed by atoms with van der Waals surface area (Å²) in [7, 11) is 0. The molecule has 4 rings (SSSR count). The van der Waals surface area contributed by atoms with E-state index < -0.39 is 6.04 Å². The second kappa shape index (κ2) is 7.78.